The quantitative estimate of drug-likeness (QED) is 0.476. The minimum Gasteiger partial charge on any atom is -0.497 e. The van der Waals surface area contributed by atoms with Crippen molar-refractivity contribution in [3.8, 4) is 5.75 Å². The molecule has 0 aromatic heterocycles. The Balaban J connectivity index is 1.70. The molecule has 10 heteroatoms. The summed E-state index contributed by atoms with van der Waals surface area (Å²) in [5, 5.41) is 17.1. The predicted molar refractivity (Wildman–Crippen MR) is 115 cm³/mol. The van der Waals surface area contributed by atoms with Gasteiger partial charge in [0.1, 0.15) is 11.8 Å². The average Bonchev–Trinajstić information content (AvgIpc) is 3.23. The van der Waals surface area contributed by atoms with Gasteiger partial charge in [-0.1, -0.05) is 6.07 Å². The largest absolute Gasteiger partial charge is 0.497 e. The van der Waals surface area contributed by atoms with Crippen molar-refractivity contribution in [1.29, 1.82) is 0 Å². The fourth-order valence-corrected chi connectivity index (χ4v) is 3.88. The van der Waals surface area contributed by atoms with Crippen molar-refractivity contribution >= 4 is 17.5 Å². The summed E-state index contributed by atoms with van der Waals surface area (Å²) < 4.78 is 5.18. The molecule has 0 aliphatic carbocycles. The number of amides is 2. The number of likely N-dealkylation sites (tertiary alicyclic amines) is 2. The molecule has 31 heavy (non-hydrogen) atoms. The topological polar surface area (TPSA) is 117 Å². The molecule has 1 aromatic rings. The molecule has 1 atom stereocenters. The van der Waals surface area contributed by atoms with E-state index in [1.807, 2.05) is 0 Å². The van der Waals surface area contributed by atoms with E-state index >= 15 is 0 Å². The standard InChI is InChI=1S/C21H29N5O5/c1-31-17-8-6-7-16(13-17)22-19(14-26(29)30)23-18-9-2-3-12-25(21(18)28)15-20(27)24-10-4-5-11-24/h6-8,13-14,18,22-23H,2-5,9-12,15H2,1H3/t18-/m0/s1. The molecule has 0 bridgehead atoms. The smallest absolute Gasteiger partial charge is 0.274 e. The summed E-state index contributed by atoms with van der Waals surface area (Å²) in [6, 6.07) is 6.31. The number of benzene rings is 1. The molecule has 0 unspecified atom stereocenters. The Labute approximate surface area is 181 Å². The normalized spacial score (nSPS) is 19.7. The van der Waals surface area contributed by atoms with Gasteiger partial charge in [-0.2, -0.15) is 0 Å². The summed E-state index contributed by atoms with van der Waals surface area (Å²) in [5.74, 6) is 0.445. The molecule has 0 saturated carbocycles. The number of nitro groups is 1. The Kier molecular flexibility index (Phi) is 7.69. The van der Waals surface area contributed by atoms with Gasteiger partial charge in [-0.25, -0.2) is 0 Å². The Bertz CT molecular complexity index is 837. The van der Waals surface area contributed by atoms with E-state index in [-0.39, 0.29) is 24.2 Å². The first-order valence-electron chi connectivity index (χ1n) is 10.6. The zero-order chi connectivity index (χ0) is 22.2. The summed E-state index contributed by atoms with van der Waals surface area (Å²) in [4.78, 5) is 39.6. The summed E-state index contributed by atoms with van der Waals surface area (Å²) >= 11 is 0. The van der Waals surface area contributed by atoms with Crippen molar-refractivity contribution in [2.75, 3.05) is 38.6 Å². The monoisotopic (exact) mass is 431 g/mol. The van der Waals surface area contributed by atoms with Gasteiger partial charge >= 0.3 is 0 Å². The number of methoxy groups -OCH3 is 1. The minimum atomic E-state index is -0.654. The fourth-order valence-electron chi connectivity index (χ4n) is 3.88. The molecule has 0 spiro atoms. The van der Waals surface area contributed by atoms with Crippen molar-refractivity contribution < 1.29 is 19.2 Å². The zero-order valence-corrected chi connectivity index (χ0v) is 17.7. The van der Waals surface area contributed by atoms with Crippen LogP contribution in [0.1, 0.15) is 32.1 Å². The first-order chi connectivity index (χ1) is 15.0. The molecule has 0 radical (unpaired) electrons. The summed E-state index contributed by atoms with van der Waals surface area (Å²) in [6.07, 6.45) is 4.89. The van der Waals surface area contributed by atoms with E-state index in [9.17, 15) is 19.7 Å². The fraction of sp³-hybridized carbons (Fsp3) is 0.524. The minimum absolute atomic E-state index is 0.0398. The number of rotatable bonds is 8. The van der Waals surface area contributed by atoms with Gasteiger partial charge in [0, 0.05) is 31.4 Å². The van der Waals surface area contributed by atoms with Gasteiger partial charge in [0.2, 0.25) is 11.8 Å². The first-order valence-corrected chi connectivity index (χ1v) is 10.6. The van der Waals surface area contributed by atoms with Crippen LogP contribution in [0.25, 0.3) is 0 Å². The van der Waals surface area contributed by atoms with Gasteiger partial charge in [0.25, 0.3) is 6.20 Å². The lowest BCUT2D eigenvalue weighted by molar-refractivity contribution is -0.403. The lowest BCUT2D eigenvalue weighted by Crippen LogP contribution is -2.49. The number of nitrogens with zero attached hydrogens (tertiary/aromatic N) is 3. The van der Waals surface area contributed by atoms with E-state index in [4.69, 9.17) is 4.74 Å². The molecular weight excluding hydrogens is 402 g/mol. The highest BCUT2D eigenvalue weighted by Crippen LogP contribution is 2.19. The highest BCUT2D eigenvalue weighted by atomic mass is 16.6. The van der Waals surface area contributed by atoms with Crippen LogP contribution in [0.2, 0.25) is 0 Å². The van der Waals surface area contributed by atoms with Crippen LogP contribution in [0.15, 0.2) is 36.3 Å². The summed E-state index contributed by atoms with van der Waals surface area (Å²) in [7, 11) is 1.54. The van der Waals surface area contributed by atoms with Gasteiger partial charge < -0.3 is 25.2 Å². The number of nitrogens with one attached hydrogen (secondary N) is 2. The van der Waals surface area contributed by atoms with E-state index in [0.717, 1.165) is 45.0 Å². The third-order valence-corrected chi connectivity index (χ3v) is 5.48. The molecule has 2 aliphatic heterocycles. The van der Waals surface area contributed by atoms with E-state index in [0.29, 0.717) is 24.4 Å². The highest BCUT2D eigenvalue weighted by Gasteiger charge is 2.30. The summed E-state index contributed by atoms with van der Waals surface area (Å²) in [5.41, 5.74) is 0.585. The molecule has 10 nitrogen and oxygen atoms in total. The van der Waals surface area contributed by atoms with Gasteiger partial charge in [-0.15, -0.1) is 0 Å². The number of hydrogen-bond acceptors (Lipinski definition) is 7. The van der Waals surface area contributed by atoms with Crippen LogP contribution in [-0.4, -0.2) is 65.9 Å². The first kappa shape index (κ1) is 22.4. The molecule has 2 aliphatic rings. The molecule has 2 saturated heterocycles. The highest BCUT2D eigenvalue weighted by molar-refractivity contribution is 5.88. The number of ether oxygens (including phenoxy) is 1. The maximum atomic E-state index is 13.1. The molecule has 2 N–H and O–H groups in total. The van der Waals surface area contributed by atoms with Gasteiger partial charge in [-0.3, -0.25) is 19.7 Å². The van der Waals surface area contributed by atoms with Crippen LogP contribution in [0.5, 0.6) is 5.75 Å². The van der Waals surface area contributed by atoms with Crippen LogP contribution in [-0.2, 0) is 9.59 Å². The summed E-state index contributed by atoms with van der Waals surface area (Å²) in [6.45, 7) is 2.04. The number of anilines is 1. The van der Waals surface area contributed by atoms with Crippen LogP contribution in [0.4, 0.5) is 5.69 Å². The Morgan fingerprint density at radius 1 is 1.26 bits per heavy atom. The number of carbonyl (C=O) groups excluding carboxylic acids is 2. The van der Waals surface area contributed by atoms with Crippen LogP contribution < -0.4 is 15.4 Å². The van der Waals surface area contributed by atoms with Crippen molar-refractivity contribution in [3.63, 3.8) is 0 Å². The van der Waals surface area contributed by atoms with E-state index < -0.39 is 11.0 Å². The van der Waals surface area contributed by atoms with Crippen LogP contribution in [0, 0.1) is 10.1 Å². The molecule has 168 valence electrons. The van der Waals surface area contributed by atoms with Crippen molar-refractivity contribution in [1.82, 2.24) is 15.1 Å². The van der Waals surface area contributed by atoms with E-state index in [2.05, 4.69) is 10.6 Å². The Morgan fingerprint density at radius 2 is 2.00 bits per heavy atom. The molecule has 3 rings (SSSR count). The third kappa shape index (κ3) is 6.34. The van der Waals surface area contributed by atoms with Crippen molar-refractivity contribution in [2.45, 2.75) is 38.1 Å². The van der Waals surface area contributed by atoms with Crippen LogP contribution in [0.3, 0.4) is 0 Å². The lowest BCUT2D eigenvalue weighted by atomic mass is 10.1. The maximum absolute atomic E-state index is 13.1. The third-order valence-electron chi connectivity index (χ3n) is 5.48. The predicted octanol–water partition coefficient (Wildman–Crippen LogP) is 1.78. The molecule has 2 fully saturated rings. The van der Waals surface area contributed by atoms with E-state index in [1.165, 1.54) is 7.11 Å². The molecule has 2 amide bonds. The number of hydrogen-bond donors (Lipinski definition) is 2. The lowest BCUT2D eigenvalue weighted by Gasteiger charge is -2.27. The Morgan fingerprint density at radius 3 is 2.71 bits per heavy atom. The zero-order valence-electron chi connectivity index (χ0n) is 17.7. The van der Waals surface area contributed by atoms with E-state index in [1.54, 1.807) is 34.1 Å². The van der Waals surface area contributed by atoms with Gasteiger partial charge in [-0.05, 0) is 44.2 Å². The molecule has 1 aromatic carbocycles. The average molecular weight is 431 g/mol. The van der Waals surface area contributed by atoms with Crippen molar-refractivity contribution in [3.05, 3.63) is 46.4 Å². The second-order valence-corrected chi connectivity index (χ2v) is 7.73. The molecule has 2 heterocycles. The van der Waals surface area contributed by atoms with Crippen molar-refractivity contribution in [2.24, 2.45) is 0 Å². The maximum Gasteiger partial charge on any atom is 0.274 e. The van der Waals surface area contributed by atoms with Gasteiger partial charge in [0.05, 0.1) is 18.6 Å². The second kappa shape index (κ2) is 10.6. The second-order valence-electron chi connectivity index (χ2n) is 7.73. The van der Waals surface area contributed by atoms with Crippen LogP contribution >= 0.6 is 0 Å². The SMILES string of the molecule is COc1cccc(NC(=C[N+](=O)[O-])N[C@H]2CCCCN(CC(=O)N3CCCC3)C2=O)c1. The Hall–Kier alpha value is -3.30. The number of carbonyl (C=O) groups is 2. The van der Waals surface area contributed by atoms with Gasteiger partial charge in [0.15, 0.2) is 5.82 Å². The molecular formula is C21H29N5O5.